The van der Waals surface area contributed by atoms with E-state index in [9.17, 15) is 5.11 Å². The van der Waals surface area contributed by atoms with Gasteiger partial charge in [0.1, 0.15) is 0 Å². The summed E-state index contributed by atoms with van der Waals surface area (Å²) >= 11 is 0. The van der Waals surface area contributed by atoms with E-state index >= 15 is 0 Å². The van der Waals surface area contributed by atoms with Crippen LogP contribution in [0.2, 0.25) is 0 Å². The van der Waals surface area contributed by atoms with Crippen LogP contribution >= 0.6 is 0 Å². The van der Waals surface area contributed by atoms with Gasteiger partial charge in [0, 0.05) is 43.0 Å². The molecule has 120 valence electrons. The molecule has 4 aromatic heterocycles. The maximum Gasteiger partial charge on any atom is 0.223 e. The summed E-state index contributed by atoms with van der Waals surface area (Å²) in [5.74, 6) is 1.05. The van der Waals surface area contributed by atoms with Gasteiger partial charge in [-0.3, -0.25) is 9.97 Å². The summed E-state index contributed by atoms with van der Waals surface area (Å²) in [6.45, 7) is 2.39. The van der Waals surface area contributed by atoms with E-state index in [1.54, 1.807) is 13.1 Å². The third-order valence-corrected chi connectivity index (χ3v) is 3.80. The summed E-state index contributed by atoms with van der Waals surface area (Å²) in [7, 11) is 0. The van der Waals surface area contributed by atoms with Crippen molar-refractivity contribution in [1.29, 1.82) is 0 Å². The molecule has 4 heterocycles. The predicted octanol–water partition coefficient (Wildman–Crippen LogP) is 2.45. The van der Waals surface area contributed by atoms with Crippen LogP contribution in [0.3, 0.4) is 0 Å². The Kier molecular flexibility index (Phi) is 3.55. The first-order chi connectivity index (χ1) is 11.7. The lowest BCUT2D eigenvalue weighted by atomic mass is 10.1. The van der Waals surface area contributed by atoms with Crippen LogP contribution in [-0.2, 0) is 6.54 Å². The lowest BCUT2D eigenvalue weighted by molar-refractivity contribution is 0.278. The van der Waals surface area contributed by atoms with Gasteiger partial charge >= 0.3 is 0 Å². The Morgan fingerprint density at radius 3 is 2.83 bits per heavy atom. The molecule has 0 saturated heterocycles. The van der Waals surface area contributed by atoms with Gasteiger partial charge in [-0.25, -0.2) is 0 Å². The Balaban J connectivity index is 1.78. The number of pyridine rings is 2. The minimum Gasteiger partial charge on any atom is -0.395 e. The Morgan fingerprint density at radius 1 is 1.17 bits per heavy atom. The third-order valence-electron chi connectivity index (χ3n) is 3.80. The minimum absolute atomic E-state index is 0.0896. The molecule has 0 unspecified atom stereocenters. The van der Waals surface area contributed by atoms with Gasteiger partial charge < -0.3 is 14.2 Å². The summed E-state index contributed by atoms with van der Waals surface area (Å²) in [6, 6.07) is 7.67. The largest absolute Gasteiger partial charge is 0.395 e. The van der Waals surface area contributed by atoms with Gasteiger partial charge in [-0.1, -0.05) is 5.16 Å². The number of aryl methyl sites for hydroxylation is 1. The monoisotopic (exact) mass is 321 g/mol. The number of hydrogen-bond donors (Lipinski definition) is 1. The molecule has 7 heteroatoms. The van der Waals surface area contributed by atoms with E-state index in [4.69, 9.17) is 4.52 Å². The van der Waals surface area contributed by atoms with Crippen molar-refractivity contribution in [1.82, 2.24) is 24.7 Å². The van der Waals surface area contributed by atoms with Crippen molar-refractivity contribution in [3.8, 4) is 22.8 Å². The molecule has 1 N–H and O–H groups in total. The number of rotatable bonds is 4. The molecule has 0 amide bonds. The fourth-order valence-electron chi connectivity index (χ4n) is 2.65. The topological polar surface area (TPSA) is 89.9 Å². The molecule has 4 rings (SSSR count). The van der Waals surface area contributed by atoms with Gasteiger partial charge in [0.15, 0.2) is 0 Å². The van der Waals surface area contributed by atoms with Crippen molar-refractivity contribution in [2.24, 2.45) is 0 Å². The molecule has 7 nitrogen and oxygen atoms in total. The number of aliphatic hydroxyl groups excluding tert-OH is 1. The molecule has 0 aliphatic rings. The fraction of sp³-hybridized carbons (Fsp3) is 0.176. The van der Waals surface area contributed by atoms with Crippen LogP contribution in [0.25, 0.3) is 33.7 Å². The Morgan fingerprint density at radius 2 is 2.04 bits per heavy atom. The van der Waals surface area contributed by atoms with Crippen LogP contribution in [0.4, 0.5) is 0 Å². The smallest absolute Gasteiger partial charge is 0.223 e. The Hall–Kier alpha value is -3.06. The average molecular weight is 321 g/mol. The van der Waals surface area contributed by atoms with Gasteiger partial charge in [-0.15, -0.1) is 0 Å². The van der Waals surface area contributed by atoms with E-state index in [0.29, 0.717) is 18.3 Å². The van der Waals surface area contributed by atoms with E-state index in [1.807, 2.05) is 41.2 Å². The van der Waals surface area contributed by atoms with Gasteiger partial charge in [-0.05, 0) is 24.3 Å². The number of aromatic nitrogens is 5. The Labute approximate surface area is 137 Å². The van der Waals surface area contributed by atoms with E-state index in [0.717, 1.165) is 27.9 Å². The first kappa shape index (κ1) is 14.5. The molecule has 24 heavy (non-hydrogen) atoms. The zero-order valence-electron chi connectivity index (χ0n) is 13.0. The standard InChI is InChI=1S/C17H15N5O2/c1-11-20-17(21-24-11)12-2-4-18-14(8-12)15-9-16-13(10-19-15)3-5-22(16)6-7-23/h2-5,8-10,23H,6-7H2,1H3. The first-order valence-corrected chi connectivity index (χ1v) is 7.57. The molecular formula is C17H15N5O2. The first-order valence-electron chi connectivity index (χ1n) is 7.57. The molecule has 0 saturated carbocycles. The molecule has 0 aromatic carbocycles. The number of fused-ring (bicyclic) bond motifs is 1. The summed E-state index contributed by atoms with van der Waals surface area (Å²) in [5, 5.41) is 14.1. The molecule has 0 spiro atoms. The quantitative estimate of drug-likeness (QED) is 0.621. The van der Waals surface area contributed by atoms with Crippen molar-refractivity contribution >= 4 is 10.9 Å². The maximum absolute atomic E-state index is 9.18. The van der Waals surface area contributed by atoms with Crippen molar-refractivity contribution < 1.29 is 9.63 Å². The van der Waals surface area contributed by atoms with Gasteiger partial charge in [0.2, 0.25) is 11.7 Å². The second-order valence-electron chi connectivity index (χ2n) is 5.43. The van der Waals surface area contributed by atoms with Crippen LogP contribution in [-0.4, -0.2) is 36.4 Å². The van der Waals surface area contributed by atoms with E-state index < -0.39 is 0 Å². The van der Waals surface area contributed by atoms with Gasteiger partial charge in [-0.2, -0.15) is 4.98 Å². The highest BCUT2D eigenvalue weighted by Crippen LogP contribution is 2.24. The molecule has 0 fully saturated rings. The maximum atomic E-state index is 9.18. The zero-order valence-corrected chi connectivity index (χ0v) is 13.0. The van der Waals surface area contributed by atoms with Crippen LogP contribution in [0, 0.1) is 6.92 Å². The molecule has 4 aromatic rings. The molecule has 0 aliphatic heterocycles. The second kappa shape index (κ2) is 5.86. The van der Waals surface area contributed by atoms with Crippen LogP contribution in [0.1, 0.15) is 5.89 Å². The predicted molar refractivity (Wildman–Crippen MR) is 88.1 cm³/mol. The molecule has 0 radical (unpaired) electrons. The van der Waals surface area contributed by atoms with Crippen molar-refractivity contribution in [2.45, 2.75) is 13.5 Å². The fourth-order valence-corrected chi connectivity index (χ4v) is 2.65. The zero-order chi connectivity index (χ0) is 16.5. The minimum atomic E-state index is 0.0896. The Bertz CT molecular complexity index is 1010. The second-order valence-corrected chi connectivity index (χ2v) is 5.43. The van der Waals surface area contributed by atoms with E-state index in [1.165, 1.54) is 0 Å². The summed E-state index contributed by atoms with van der Waals surface area (Å²) < 4.78 is 7.02. The molecular weight excluding hydrogens is 306 g/mol. The molecule has 0 atom stereocenters. The van der Waals surface area contributed by atoms with Crippen LogP contribution in [0.5, 0.6) is 0 Å². The van der Waals surface area contributed by atoms with Crippen molar-refractivity contribution in [2.75, 3.05) is 6.61 Å². The highest BCUT2D eigenvalue weighted by Gasteiger charge is 2.10. The molecule has 0 aliphatic carbocycles. The van der Waals surface area contributed by atoms with Gasteiger partial charge in [0.05, 0.1) is 23.5 Å². The average Bonchev–Trinajstić information content (AvgIpc) is 3.22. The van der Waals surface area contributed by atoms with E-state index in [-0.39, 0.29) is 6.61 Å². The highest BCUT2D eigenvalue weighted by atomic mass is 16.5. The SMILES string of the molecule is Cc1nc(-c2ccnc(-c3cc4c(ccn4CCO)cn3)c2)no1. The van der Waals surface area contributed by atoms with Crippen LogP contribution in [0.15, 0.2) is 47.4 Å². The number of nitrogens with zero attached hydrogens (tertiary/aromatic N) is 5. The van der Waals surface area contributed by atoms with Crippen molar-refractivity contribution in [3.05, 3.63) is 48.7 Å². The third kappa shape index (κ3) is 2.55. The lowest BCUT2D eigenvalue weighted by Gasteiger charge is -2.05. The van der Waals surface area contributed by atoms with Crippen molar-refractivity contribution in [3.63, 3.8) is 0 Å². The lowest BCUT2D eigenvalue weighted by Crippen LogP contribution is -2.00. The summed E-state index contributed by atoms with van der Waals surface area (Å²) in [5.41, 5.74) is 3.32. The summed E-state index contributed by atoms with van der Waals surface area (Å²) in [4.78, 5) is 13.1. The normalized spacial score (nSPS) is 11.2. The van der Waals surface area contributed by atoms with Crippen LogP contribution < -0.4 is 0 Å². The van der Waals surface area contributed by atoms with Gasteiger partial charge in [0.25, 0.3) is 0 Å². The molecule has 0 bridgehead atoms. The summed E-state index contributed by atoms with van der Waals surface area (Å²) in [6.07, 6.45) is 5.46. The number of aliphatic hydroxyl groups is 1. The number of hydrogen-bond acceptors (Lipinski definition) is 6. The highest BCUT2D eigenvalue weighted by molar-refractivity contribution is 5.83. The van der Waals surface area contributed by atoms with E-state index in [2.05, 4.69) is 20.1 Å².